The van der Waals surface area contributed by atoms with Crippen LogP contribution < -0.4 is 0 Å². The van der Waals surface area contributed by atoms with Crippen LogP contribution in [-0.2, 0) is 110 Å². The molecule has 27 heavy (non-hydrogen) atoms. The molecular weight excluding hydrogens is 608 g/mol. The zero-order valence-electron chi connectivity index (χ0n) is 14.3. The van der Waals surface area contributed by atoms with E-state index in [1.165, 1.54) is 18.0 Å². The van der Waals surface area contributed by atoms with E-state index in [1.807, 2.05) is 64.2 Å². The van der Waals surface area contributed by atoms with Crippen LogP contribution in [0.15, 0.2) is 9.81 Å². The molecule has 0 aliphatic heterocycles. The number of hydrogen-bond acceptors (Lipinski definition) is 9. The van der Waals surface area contributed by atoms with E-state index in [9.17, 15) is 9.59 Å². The van der Waals surface area contributed by atoms with Crippen molar-refractivity contribution in [3.05, 3.63) is 74.0 Å². The Balaban J connectivity index is -0.0000000900. The van der Waals surface area contributed by atoms with Gasteiger partial charge in [0.2, 0.25) is 0 Å². The molecule has 0 unspecified atom stereocenters. The molecule has 4 nitrogen and oxygen atoms in total. The summed E-state index contributed by atoms with van der Waals surface area (Å²) < 4.78 is 8.50. The Labute approximate surface area is 218 Å². The first-order chi connectivity index (χ1) is 11.5. The number of ether oxygens (including phenoxy) is 2. The minimum absolute atomic E-state index is 0. The van der Waals surface area contributed by atoms with Crippen molar-refractivity contribution in [2.45, 2.75) is 0 Å². The molecule has 2 aliphatic carbocycles. The second-order valence-electron chi connectivity index (χ2n) is 3.57. The average Bonchev–Trinajstić information content (AvgIpc) is 3.38. The summed E-state index contributed by atoms with van der Waals surface area (Å²) in [5, 5.41) is 0. The Morgan fingerprint density at radius 2 is 0.815 bits per heavy atom. The Morgan fingerprint density at radius 1 is 0.667 bits per heavy atom. The third-order valence-corrected chi connectivity index (χ3v) is 2.93. The van der Waals surface area contributed by atoms with Gasteiger partial charge < -0.3 is 61.7 Å². The van der Waals surface area contributed by atoms with E-state index in [0.717, 1.165) is 14.2 Å². The first-order valence-electron chi connectivity index (χ1n) is 6.29. The molecule has 0 saturated heterocycles. The van der Waals surface area contributed by atoms with Gasteiger partial charge in [0.15, 0.2) is 0 Å². The quantitative estimate of drug-likeness (QED) is 0.150. The van der Waals surface area contributed by atoms with E-state index < -0.39 is 11.9 Å². The molecule has 0 bridgehead atoms. The van der Waals surface area contributed by atoms with Gasteiger partial charge in [-0.1, -0.05) is 0 Å². The first-order valence-corrected chi connectivity index (χ1v) is 9.90. The molecule has 0 amide bonds. The maximum absolute atomic E-state index is 10.7. The van der Waals surface area contributed by atoms with Crippen LogP contribution in [0.25, 0.3) is 0 Å². The Hall–Kier alpha value is 1.42. The molecule has 0 aromatic rings. The van der Waals surface area contributed by atoms with Crippen LogP contribution in [0.4, 0.5) is 0 Å². The summed E-state index contributed by atoms with van der Waals surface area (Å²) >= 11 is 10.6. The molecule has 0 aromatic carbocycles. The van der Waals surface area contributed by atoms with Crippen molar-refractivity contribution < 1.29 is 58.1 Å². The number of esters is 2. The van der Waals surface area contributed by atoms with Gasteiger partial charge in [-0.2, -0.15) is 0 Å². The van der Waals surface area contributed by atoms with E-state index in [-0.39, 0.29) is 57.9 Å². The Kier molecular flexibility index (Phi) is 42.7. The van der Waals surface area contributed by atoms with Crippen molar-refractivity contribution in [1.29, 1.82) is 0 Å². The molecule has 2 rings (SSSR count). The summed E-state index contributed by atoms with van der Waals surface area (Å²) in [4.78, 5) is 20.8. The molecule has 10 radical (unpaired) electrons. The molecule has 0 heterocycles. The van der Waals surface area contributed by atoms with Gasteiger partial charge in [0.25, 0.3) is 0 Å². The maximum atomic E-state index is 10.7. The molecule has 0 N–H and O–H groups in total. The second kappa shape index (κ2) is 29.6. The summed E-state index contributed by atoms with van der Waals surface area (Å²) in [6, 6.07) is 0. The topological polar surface area (TPSA) is 52.6 Å². The van der Waals surface area contributed by atoms with Gasteiger partial charge in [-0.25, -0.2) is 9.59 Å². The zero-order valence-corrected chi connectivity index (χ0v) is 22.6. The standard InChI is InChI=1S/C6H8O4S2.2C5H5.2Mo.2H2S.S/c1-9-5(7)3(11)4(12)6(8)10-2;2*1-2-4-5-3-1;;;;;/h11-12H,1-2H3;2*1-5H;;;2*1H2;/p-4/b4-3-;;;;;;;. The van der Waals surface area contributed by atoms with Crippen molar-refractivity contribution in [2.24, 2.45) is 0 Å². The predicted octanol–water partition coefficient (Wildman–Crippen LogP) is 1.78. The van der Waals surface area contributed by atoms with Gasteiger partial charge >= 0.3 is 39.8 Å². The summed E-state index contributed by atoms with van der Waals surface area (Å²) in [6.07, 6.45) is 20.0. The van der Waals surface area contributed by atoms with Crippen LogP contribution >= 0.6 is 9.82 Å². The van der Waals surface area contributed by atoms with E-state index in [0.29, 0.717) is 0 Å². The molecule has 2 aliphatic rings. The van der Waals surface area contributed by atoms with Crippen LogP contribution in [0.3, 0.4) is 0 Å². The second-order valence-corrected chi connectivity index (χ2v) is 4.38. The van der Waals surface area contributed by atoms with Crippen molar-refractivity contribution in [2.75, 3.05) is 14.2 Å². The van der Waals surface area contributed by atoms with Gasteiger partial charge in [0.05, 0.1) is 14.2 Å². The minimum atomic E-state index is -0.805. The van der Waals surface area contributed by atoms with Crippen molar-refractivity contribution >= 4 is 74.0 Å². The van der Waals surface area contributed by atoms with Gasteiger partial charge in [0.1, 0.15) is 0 Å². The Bertz CT molecular complexity index is 342. The fraction of sp³-hybridized carbons (Fsp3) is 0.125. The van der Waals surface area contributed by atoms with E-state index in [2.05, 4.69) is 44.6 Å². The molecule has 0 aromatic heterocycles. The molecule has 152 valence electrons. The van der Waals surface area contributed by atoms with Gasteiger partial charge in [-0.15, -0.1) is 9.81 Å². The number of methoxy groups -OCH3 is 2. The van der Waals surface area contributed by atoms with Crippen LogP contribution in [0, 0.1) is 64.2 Å². The van der Waals surface area contributed by atoms with Crippen LogP contribution in [0.5, 0.6) is 0 Å². The van der Waals surface area contributed by atoms with Crippen molar-refractivity contribution in [3.63, 3.8) is 0 Å². The molecule has 11 heteroatoms. The summed E-state index contributed by atoms with van der Waals surface area (Å²) in [5.41, 5.74) is 0. The average molecular weight is 627 g/mol. The predicted molar refractivity (Wildman–Crippen MR) is 114 cm³/mol. The summed E-state index contributed by atoms with van der Waals surface area (Å²) in [6.45, 7) is 0. The molecule has 2 saturated carbocycles. The summed E-state index contributed by atoms with van der Waals surface area (Å²) in [7, 11) is 6.39. The monoisotopic (exact) mass is 630 g/mol. The number of thiol groups is 2. The van der Waals surface area contributed by atoms with Crippen molar-refractivity contribution in [3.8, 4) is 0 Å². The zero-order chi connectivity index (χ0) is 18.8. The van der Waals surface area contributed by atoms with Crippen LogP contribution in [0.2, 0.25) is 0 Å². The fourth-order valence-corrected chi connectivity index (χ4v) is 1.35. The van der Waals surface area contributed by atoms with E-state index in [4.69, 9.17) is 0 Å². The van der Waals surface area contributed by atoms with Gasteiger partial charge in [-0.05, 0) is 64.2 Å². The number of rotatable bonds is 2. The third kappa shape index (κ3) is 23.6. The number of carbonyl (C=O) groups is 2. The number of hydrogen-bond donors (Lipinski definition) is 0. The third-order valence-electron chi connectivity index (χ3n) is 2.06. The van der Waals surface area contributed by atoms with Gasteiger partial charge in [-0.3, -0.25) is 0 Å². The molecular formula is C16H18Mo2O4S5-4. The molecule has 0 atom stereocenters. The Morgan fingerprint density at radius 3 is 0.926 bits per heavy atom. The summed E-state index contributed by atoms with van der Waals surface area (Å²) in [5.74, 6) is -1.61. The van der Waals surface area contributed by atoms with E-state index in [1.54, 1.807) is 0 Å². The first kappa shape index (κ1) is 39.0. The van der Waals surface area contributed by atoms with Crippen LogP contribution in [-0.4, -0.2) is 26.2 Å². The number of carbonyl (C=O) groups excluding carboxylic acids is 2. The van der Waals surface area contributed by atoms with Gasteiger partial charge in [0, 0.05) is 21.1 Å². The SMILES string of the molecule is COC(=O)/C([S-])=C(/[S-])C(=O)OC.[CH]1[CH][CH][CH][CH]1.[CH]1[CH][CH][CH][CH]1.[Mo].[SH-].[SH-].[S]=[Mo]. The fourth-order valence-electron chi connectivity index (χ4n) is 1.01. The molecule has 2 fully saturated rings. The van der Waals surface area contributed by atoms with E-state index >= 15 is 0 Å². The molecule has 0 spiro atoms. The normalized spacial score (nSPS) is 14.1. The van der Waals surface area contributed by atoms with Crippen LogP contribution in [0.1, 0.15) is 0 Å². The van der Waals surface area contributed by atoms with Crippen molar-refractivity contribution in [1.82, 2.24) is 0 Å².